The van der Waals surface area contributed by atoms with Crippen LogP contribution in [0.25, 0.3) is 22.6 Å². The number of halogens is 4. The summed E-state index contributed by atoms with van der Waals surface area (Å²) in [6.07, 6.45) is -0.791. The molecule has 244 valence electrons. The van der Waals surface area contributed by atoms with Crippen LogP contribution in [-0.2, 0) is 4.79 Å². The van der Waals surface area contributed by atoms with Gasteiger partial charge < -0.3 is 10.1 Å². The predicted octanol–water partition coefficient (Wildman–Crippen LogP) is 8.06. The van der Waals surface area contributed by atoms with Crippen molar-refractivity contribution in [3.8, 4) is 22.8 Å². The Bertz CT molecular complexity index is 1830. The van der Waals surface area contributed by atoms with E-state index in [0.29, 0.717) is 22.4 Å². The van der Waals surface area contributed by atoms with E-state index in [9.17, 15) is 22.4 Å². The van der Waals surface area contributed by atoms with Gasteiger partial charge in [0.2, 0.25) is 5.91 Å². The molecule has 1 saturated heterocycles. The highest BCUT2D eigenvalue weighted by molar-refractivity contribution is 8.15. The maximum atomic E-state index is 14.0. The first-order valence-corrected chi connectivity index (χ1v) is 16.1. The number of amidine groups is 1. The first-order valence-electron chi connectivity index (χ1n) is 15.2. The van der Waals surface area contributed by atoms with Crippen molar-refractivity contribution in [2.75, 3.05) is 10.7 Å². The minimum atomic E-state index is -4.76. The zero-order chi connectivity index (χ0) is 33.3. The van der Waals surface area contributed by atoms with Crippen molar-refractivity contribution in [3.63, 3.8) is 0 Å². The smallest absolute Gasteiger partial charge is 0.406 e. The number of thioether (sulfide) groups is 1. The molecule has 1 aliphatic heterocycles. The Hall–Kier alpha value is -4.65. The van der Waals surface area contributed by atoms with Gasteiger partial charge in [-0.05, 0) is 91.3 Å². The van der Waals surface area contributed by atoms with E-state index in [4.69, 9.17) is 4.99 Å². The molecule has 3 aromatic carbocycles. The van der Waals surface area contributed by atoms with Gasteiger partial charge in [0.25, 0.3) is 0 Å². The SMILES string of the molecule is CC(N=C1SCC(=O)N1c1ccc(F)cc1C(C)C)NC1=C(c2ccc(-c3ncn(-c4ccc(OC(F)(F)F)cc4)n3)cc2)CCC1. The largest absolute Gasteiger partial charge is 0.573 e. The van der Waals surface area contributed by atoms with Crippen LogP contribution in [0.15, 0.2) is 83.7 Å². The molecule has 0 radical (unpaired) electrons. The third-order valence-corrected chi connectivity index (χ3v) is 8.78. The summed E-state index contributed by atoms with van der Waals surface area (Å²) in [6.45, 7) is 5.90. The van der Waals surface area contributed by atoms with Crippen LogP contribution < -0.4 is 15.0 Å². The molecule has 1 N–H and O–H groups in total. The molecular formula is C34H32F4N6O2S. The molecule has 4 aromatic rings. The van der Waals surface area contributed by atoms with E-state index < -0.39 is 6.36 Å². The van der Waals surface area contributed by atoms with Gasteiger partial charge in [0, 0.05) is 11.3 Å². The van der Waals surface area contributed by atoms with Crippen LogP contribution in [0.3, 0.4) is 0 Å². The Morgan fingerprint density at radius 1 is 0.979 bits per heavy atom. The van der Waals surface area contributed by atoms with Gasteiger partial charge in [0.15, 0.2) is 11.0 Å². The molecule has 1 fully saturated rings. The molecule has 1 aromatic heterocycles. The molecule has 6 rings (SSSR count). The van der Waals surface area contributed by atoms with Crippen LogP contribution in [0.1, 0.15) is 57.1 Å². The molecule has 0 bridgehead atoms. The molecule has 1 amide bonds. The highest BCUT2D eigenvalue weighted by atomic mass is 32.2. The number of allylic oxidation sites excluding steroid dienone is 2. The van der Waals surface area contributed by atoms with Crippen LogP contribution >= 0.6 is 11.8 Å². The summed E-state index contributed by atoms with van der Waals surface area (Å²) >= 11 is 1.38. The van der Waals surface area contributed by atoms with Gasteiger partial charge in [-0.15, -0.1) is 18.3 Å². The fourth-order valence-corrected chi connectivity index (χ4v) is 6.64. The highest BCUT2D eigenvalue weighted by Gasteiger charge is 2.33. The van der Waals surface area contributed by atoms with Crippen LogP contribution in [0.5, 0.6) is 5.75 Å². The van der Waals surface area contributed by atoms with Crippen LogP contribution in [0, 0.1) is 5.82 Å². The Morgan fingerprint density at radius 2 is 1.70 bits per heavy atom. The van der Waals surface area contributed by atoms with E-state index in [-0.39, 0.29) is 35.3 Å². The zero-order valence-electron chi connectivity index (χ0n) is 25.9. The number of hydrogen-bond acceptors (Lipinski definition) is 7. The van der Waals surface area contributed by atoms with Gasteiger partial charge in [0.1, 0.15) is 24.1 Å². The lowest BCUT2D eigenvalue weighted by atomic mass is 10.0. The molecule has 2 aliphatic rings. The first-order chi connectivity index (χ1) is 22.4. The quantitative estimate of drug-likeness (QED) is 0.182. The molecule has 0 spiro atoms. The molecule has 1 aliphatic carbocycles. The molecule has 8 nitrogen and oxygen atoms in total. The van der Waals surface area contributed by atoms with E-state index in [1.54, 1.807) is 11.0 Å². The summed E-state index contributed by atoms with van der Waals surface area (Å²) in [5.41, 5.74) is 6.11. The number of rotatable bonds is 9. The minimum Gasteiger partial charge on any atom is -0.406 e. The summed E-state index contributed by atoms with van der Waals surface area (Å²) in [6, 6.07) is 17.8. The average molecular weight is 665 g/mol. The molecular weight excluding hydrogens is 632 g/mol. The van der Waals surface area contributed by atoms with Crippen LogP contribution in [0.2, 0.25) is 0 Å². The number of hydrogen-bond donors (Lipinski definition) is 1. The lowest BCUT2D eigenvalue weighted by Crippen LogP contribution is -2.33. The van der Waals surface area contributed by atoms with Crippen molar-refractivity contribution < 1.29 is 27.1 Å². The topological polar surface area (TPSA) is 84.6 Å². The van der Waals surface area contributed by atoms with Crippen molar-refractivity contribution in [1.29, 1.82) is 0 Å². The van der Waals surface area contributed by atoms with Gasteiger partial charge in [-0.3, -0.25) is 9.69 Å². The van der Waals surface area contributed by atoms with E-state index >= 15 is 0 Å². The van der Waals surface area contributed by atoms with Crippen LogP contribution in [-0.4, -0.2) is 44.1 Å². The van der Waals surface area contributed by atoms with E-state index in [2.05, 4.69) is 20.1 Å². The standard InChI is InChI=1S/C34H32F4N6O2S/c1-20(2)28-17-24(35)11-16-30(28)44-31(45)18-47-33(44)41-21(3)40-29-6-4-5-27(29)22-7-9-23(10-8-22)32-39-19-43(42-32)25-12-14-26(15-13-25)46-34(36,37)38/h7-17,19-21,40H,4-6,18H2,1-3H3. The monoisotopic (exact) mass is 664 g/mol. The lowest BCUT2D eigenvalue weighted by Gasteiger charge is -2.23. The number of carbonyl (C=O) groups is 1. The second-order valence-electron chi connectivity index (χ2n) is 11.6. The second-order valence-corrected chi connectivity index (χ2v) is 12.5. The average Bonchev–Trinajstić information content (AvgIpc) is 3.78. The number of nitrogens with one attached hydrogen (secondary N) is 1. The van der Waals surface area contributed by atoms with Gasteiger partial charge >= 0.3 is 6.36 Å². The van der Waals surface area contributed by atoms with Crippen molar-refractivity contribution in [3.05, 3.63) is 95.7 Å². The maximum absolute atomic E-state index is 14.0. The van der Waals surface area contributed by atoms with E-state index in [1.165, 1.54) is 64.7 Å². The van der Waals surface area contributed by atoms with Crippen LogP contribution in [0.4, 0.5) is 23.2 Å². The summed E-state index contributed by atoms with van der Waals surface area (Å²) in [7, 11) is 0. The van der Waals surface area contributed by atoms with Gasteiger partial charge in [-0.1, -0.05) is 49.9 Å². The fourth-order valence-electron chi connectivity index (χ4n) is 5.70. The minimum absolute atomic E-state index is 0.0301. The van der Waals surface area contributed by atoms with E-state index in [1.807, 2.05) is 45.0 Å². The Labute approximate surface area is 273 Å². The number of amides is 1. The van der Waals surface area contributed by atoms with Crippen molar-refractivity contribution >= 4 is 34.1 Å². The summed E-state index contributed by atoms with van der Waals surface area (Å²) in [5, 5.41) is 8.63. The highest BCUT2D eigenvalue weighted by Crippen LogP contribution is 2.36. The number of ether oxygens (including phenoxy) is 1. The normalized spacial score (nSPS) is 16.9. The third-order valence-electron chi connectivity index (χ3n) is 7.84. The Kier molecular flexibility index (Phi) is 9.09. The number of benzene rings is 3. The number of carbonyl (C=O) groups excluding carboxylic acids is 1. The number of anilines is 1. The van der Waals surface area contributed by atoms with Crippen molar-refractivity contribution in [2.45, 2.75) is 58.5 Å². The lowest BCUT2D eigenvalue weighted by molar-refractivity contribution is -0.274. The van der Waals surface area contributed by atoms with Gasteiger partial charge in [-0.25, -0.2) is 19.0 Å². The third kappa shape index (κ3) is 7.35. The molecule has 0 saturated carbocycles. The second kappa shape index (κ2) is 13.2. The van der Waals surface area contributed by atoms with Crippen molar-refractivity contribution in [2.24, 2.45) is 4.99 Å². The maximum Gasteiger partial charge on any atom is 0.573 e. The number of aromatic nitrogens is 3. The fraction of sp³-hybridized carbons (Fsp3) is 0.294. The predicted molar refractivity (Wildman–Crippen MR) is 175 cm³/mol. The summed E-state index contributed by atoms with van der Waals surface area (Å²) in [4.78, 5) is 23.8. The summed E-state index contributed by atoms with van der Waals surface area (Å²) in [5.74, 6) is 0.0543. The zero-order valence-corrected chi connectivity index (χ0v) is 26.7. The van der Waals surface area contributed by atoms with E-state index in [0.717, 1.165) is 41.6 Å². The molecule has 1 atom stereocenters. The Balaban J connectivity index is 1.16. The molecule has 13 heteroatoms. The van der Waals surface area contributed by atoms with Gasteiger partial charge in [0.05, 0.1) is 17.1 Å². The molecule has 1 unspecified atom stereocenters. The number of aliphatic imine (C=N–C) groups is 1. The molecule has 2 heterocycles. The first kappa shape index (κ1) is 32.3. The Morgan fingerprint density at radius 3 is 2.40 bits per heavy atom. The summed E-state index contributed by atoms with van der Waals surface area (Å²) < 4.78 is 56.9. The molecule has 47 heavy (non-hydrogen) atoms. The van der Waals surface area contributed by atoms with Crippen molar-refractivity contribution in [1.82, 2.24) is 20.1 Å². The number of nitrogens with zero attached hydrogens (tertiary/aromatic N) is 5. The van der Waals surface area contributed by atoms with Gasteiger partial charge in [-0.2, -0.15) is 0 Å². The number of alkyl halides is 3.